The lowest BCUT2D eigenvalue weighted by atomic mass is 9.70. The van der Waals surface area contributed by atoms with E-state index < -0.39 is 5.41 Å². The Hall–Kier alpha value is -3.62. The molecule has 2 aliphatic rings. The number of ether oxygens (including phenoxy) is 1. The average molecular weight is 544 g/mol. The fraction of sp³-hybridized carbons (Fsp3) is 0.143. The molecule has 5 aromatic rings. The Balaban J connectivity index is 1.54. The second-order valence-electron chi connectivity index (χ2n) is 11.1. The highest BCUT2D eigenvalue weighted by Gasteiger charge is 2.53. The van der Waals surface area contributed by atoms with E-state index in [-0.39, 0.29) is 5.41 Å². The summed E-state index contributed by atoms with van der Waals surface area (Å²) < 4.78 is 7.88. The van der Waals surface area contributed by atoms with Gasteiger partial charge in [0.05, 0.1) is 5.41 Å². The van der Waals surface area contributed by atoms with E-state index in [1.165, 1.54) is 50.1 Å². The molecule has 0 bridgehead atoms. The molecule has 0 aromatic heterocycles. The summed E-state index contributed by atoms with van der Waals surface area (Å²) >= 11 is 3.73. The van der Waals surface area contributed by atoms with Crippen molar-refractivity contribution in [3.05, 3.63) is 141 Å². The van der Waals surface area contributed by atoms with Crippen LogP contribution in [0.15, 0.2) is 114 Å². The number of hydrogen-bond donors (Lipinski definition) is 0. The number of hydrogen-bond acceptors (Lipinski definition) is 1. The van der Waals surface area contributed by atoms with Gasteiger partial charge in [0.15, 0.2) is 0 Å². The van der Waals surface area contributed by atoms with Crippen molar-refractivity contribution in [2.45, 2.75) is 31.6 Å². The largest absolute Gasteiger partial charge is 0.457 e. The topological polar surface area (TPSA) is 9.23 Å². The zero-order chi connectivity index (χ0) is 25.4. The second kappa shape index (κ2) is 7.94. The Morgan fingerprint density at radius 1 is 0.595 bits per heavy atom. The molecule has 0 unspecified atom stereocenters. The molecule has 7 rings (SSSR count). The lowest BCUT2D eigenvalue weighted by Crippen LogP contribution is -2.26. The molecule has 0 heterocycles. The highest BCUT2D eigenvalue weighted by atomic mass is 79.9. The number of benzene rings is 5. The fourth-order valence-electron chi connectivity index (χ4n) is 6.38. The van der Waals surface area contributed by atoms with Crippen LogP contribution in [-0.2, 0) is 10.8 Å². The van der Waals surface area contributed by atoms with Crippen LogP contribution in [0.25, 0.3) is 22.3 Å². The van der Waals surface area contributed by atoms with Gasteiger partial charge in [0.25, 0.3) is 0 Å². The van der Waals surface area contributed by atoms with Crippen LogP contribution < -0.4 is 4.74 Å². The first-order chi connectivity index (χ1) is 17.9. The molecule has 37 heavy (non-hydrogen) atoms. The maximum absolute atomic E-state index is 6.86. The minimum Gasteiger partial charge on any atom is -0.457 e. The van der Waals surface area contributed by atoms with Gasteiger partial charge in [-0.3, -0.25) is 0 Å². The summed E-state index contributed by atoms with van der Waals surface area (Å²) in [5.74, 6) is 1.75. The summed E-state index contributed by atoms with van der Waals surface area (Å²) in [6.45, 7) is 6.70. The molecule has 0 fully saturated rings. The molecule has 0 saturated carbocycles. The number of rotatable bonds is 2. The SMILES string of the molecule is CC(C)(C)c1cc(Br)cc(Oc2cccc3c2C2(c4ccccc4-c4ccccc42)c2ccccc2-3)c1. The molecule has 0 N–H and O–H groups in total. The van der Waals surface area contributed by atoms with Crippen molar-refractivity contribution < 1.29 is 4.74 Å². The van der Waals surface area contributed by atoms with E-state index in [1.807, 2.05) is 0 Å². The second-order valence-corrected chi connectivity index (χ2v) is 12.0. The molecule has 180 valence electrons. The van der Waals surface area contributed by atoms with Crippen molar-refractivity contribution in [2.75, 3.05) is 0 Å². The van der Waals surface area contributed by atoms with E-state index in [0.717, 1.165) is 16.0 Å². The smallest absolute Gasteiger partial charge is 0.132 e. The molecule has 0 atom stereocenters. The molecule has 2 heteroatoms. The van der Waals surface area contributed by atoms with Crippen molar-refractivity contribution in [3.8, 4) is 33.8 Å². The first kappa shape index (κ1) is 22.6. The van der Waals surface area contributed by atoms with Crippen LogP contribution in [0.5, 0.6) is 11.5 Å². The minimum atomic E-state index is -0.422. The van der Waals surface area contributed by atoms with Gasteiger partial charge in [0, 0.05) is 10.0 Å². The predicted octanol–water partition coefficient (Wildman–Crippen LogP) is 9.88. The zero-order valence-corrected chi connectivity index (χ0v) is 22.8. The molecule has 5 aromatic carbocycles. The zero-order valence-electron chi connectivity index (χ0n) is 21.2. The third-order valence-electron chi connectivity index (χ3n) is 7.94. The van der Waals surface area contributed by atoms with Crippen LogP contribution in [0.4, 0.5) is 0 Å². The van der Waals surface area contributed by atoms with Crippen LogP contribution in [0.1, 0.15) is 48.6 Å². The van der Waals surface area contributed by atoms with Crippen LogP contribution in [0.3, 0.4) is 0 Å². The van der Waals surface area contributed by atoms with Crippen molar-refractivity contribution in [3.63, 3.8) is 0 Å². The van der Waals surface area contributed by atoms with E-state index in [0.29, 0.717) is 0 Å². The van der Waals surface area contributed by atoms with Gasteiger partial charge in [-0.15, -0.1) is 0 Å². The molecule has 2 aliphatic carbocycles. The van der Waals surface area contributed by atoms with Gasteiger partial charge in [0.2, 0.25) is 0 Å². The molecule has 1 spiro atoms. The van der Waals surface area contributed by atoms with Crippen molar-refractivity contribution >= 4 is 15.9 Å². The average Bonchev–Trinajstić information content (AvgIpc) is 3.36. The Kier molecular flexibility index (Phi) is 4.84. The molecule has 1 nitrogen and oxygen atoms in total. The normalized spacial score (nSPS) is 14.2. The summed E-state index contributed by atoms with van der Waals surface area (Å²) in [6, 6.07) is 39.6. The Bertz CT molecular complexity index is 1640. The van der Waals surface area contributed by atoms with Gasteiger partial charge in [-0.2, -0.15) is 0 Å². The van der Waals surface area contributed by atoms with E-state index >= 15 is 0 Å². The minimum absolute atomic E-state index is 0.0152. The summed E-state index contributed by atoms with van der Waals surface area (Å²) in [6.07, 6.45) is 0. The summed E-state index contributed by atoms with van der Waals surface area (Å²) in [5, 5.41) is 0. The summed E-state index contributed by atoms with van der Waals surface area (Å²) in [5.41, 5.74) is 11.1. The molecule has 0 radical (unpaired) electrons. The van der Waals surface area contributed by atoms with Crippen molar-refractivity contribution in [1.82, 2.24) is 0 Å². The van der Waals surface area contributed by atoms with E-state index in [9.17, 15) is 0 Å². The van der Waals surface area contributed by atoms with Crippen LogP contribution in [0, 0.1) is 0 Å². The van der Waals surface area contributed by atoms with Crippen LogP contribution in [-0.4, -0.2) is 0 Å². The standard InChI is InChI=1S/C35H27BrO/c1-34(2,3)22-19-23(36)21-24(20-22)37-32-18-10-14-28-27-13-6-9-17-31(27)35(33(28)32)29-15-7-4-11-25(29)26-12-5-8-16-30(26)35/h4-21H,1-3H3. The van der Waals surface area contributed by atoms with E-state index in [1.54, 1.807) is 0 Å². The molecular formula is C35H27BrO. The molecular weight excluding hydrogens is 516 g/mol. The molecule has 0 amide bonds. The van der Waals surface area contributed by atoms with E-state index in [4.69, 9.17) is 4.74 Å². The molecule has 0 saturated heterocycles. The highest BCUT2D eigenvalue weighted by Crippen LogP contribution is 2.64. The van der Waals surface area contributed by atoms with Gasteiger partial charge in [0.1, 0.15) is 11.5 Å². The third kappa shape index (κ3) is 3.15. The first-order valence-corrected chi connectivity index (χ1v) is 13.6. The Morgan fingerprint density at radius 2 is 1.11 bits per heavy atom. The number of fused-ring (bicyclic) bond motifs is 10. The van der Waals surface area contributed by atoms with Gasteiger partial charge in [-0.05, 0) is 74.2 Å². The Labute approximate surface area is 226 Å². The van der Waals surface area contributed by atoms with Gasteiger partial charge in [-0.25, -0.2) is 0 Å². The summed E-state index contributed by atoms with van der Waals surface area (Å²) in [7, 11) is 0. The lowest BCUT2D eigenvalue weighted by Gasteiger charge is -2.31. The maximum atomic E-state index is 6.86. The highest BCUT2D eigenvalue weighted by molar-refractivity contribution is 9.10. The predicted molar refractivity (Wildman–Crippen MR) is 156 cm³/mol. The third-order valence-corrected chi connectivity index (χ3v) is 8.40. The maximum Gasteiger partial charge on any atom is 0.132 e. The lowest BCUT2D eigenvalue weighted by molar-refractivity contribution is 0.467. The molecule has 0 aliphatic heterocycles. The van der Waals surface area contributed by atoms with Crippen LogP contribution in [0.2, 0.25) is 0 Å². The van der Waals surface area contributed by atoms with Gasteiger partial charge < -0.3 is 4.74 Å². The first-order valence-electron chi connectivity index (χ1n) is 12.8. The van der Waals surface area contributed by atoms with Gasteiger partial charge >= 0.3 is 0 Å². The van der Waals surface area contributed by atoms with Crippen molar-refractivity contribution in [1.29, 1.82) is 0 Å². The monoisotopic (exact) mass is 542 g/mol. The van der Waals surface area contributed by atoms with Crippen LogP contribution >= 0.6 is 15.9 Å². The van der Waals surface area contributed by atoms with E-state index in [2.05, 4.69) is 146 Å². The fourth-order valence-corrected chi connectivity index (χ4v) is 6.86. The van der Waals surface area contributed by atoms with Crippen molar-refractivity contribution in [2.24, 2.45) is 0 Å². The number of halogens is 1. The summed E-state index contributed by atoms with van der Waals surface area (Å²) in [4.78, 5) is 0. The Morgan fingerprint density at radius 3 is 1.68 bits per heavy atom. The quantitative estimate of drug-likeness (QED) is 0.211. The van der Waals surface area contributed by atoms with Gasteiger partial charge in [-0.1, -0.05) is 122 Å².